The molecule has 25 heavy (non-hydrogen) atoms. The van der Waals surface area contributed by atoms with Gasteiger partial charge >= 0.3 is 11.2 Å². The van der Waals surface area contributed by atoms with Crippen LogP contribution >= 0.6 is 0 Å². The Kier molecular flexibility index (Phi) is 4.42. The van der Waals surface area contributed by atoms with Crippen molar-refractivity contribution in [3.8, 4) is 11.6 Å². The minimum atomic E-state index is -0.830. The summed E-state index contributed by atoms with van der Waals surface area (Å²) in [6, 6.07) is 11.2. The zero-order chi connectivity index (χ0) is 18.0. The monoisotopic (exact) mass is 345 g/mol. The lowest BCUT2D eigenvalue weighted by molar-refractivity contribution is 0.366. The minimum absolute atomic E-state index is 0.132. The van der Waals surface area contributed by atoms with Crippen molar-refractivity contribution in [2.24, 2.45) is 0 Å². The molecule has 0 aliphatic carbocycles. The number of halogens is 2. The Morgan fingerprint density at radius 2 is 1.80 bits per heavy atom. The molecular formula is C17H13F2N3O3. The van der Waals surface area contributed by atoms with Crippen LogP contribution in [0.15, 0.2) is 58.1 Å². The summed E-state index contributed by atoms with van der Waals surface area (Å²) in [6.45, 7) is -0.451. The summed E-state index contributed by atoms with van der Waals surface area (Å²) in [5.41, 5.74) is -1.35. The fraction of sp³-hybridized carbons (Fsp3) is 0.118. The smallest absolute Gasteiger partial charge is 0.352 e. The predicted octanol–water partition coefficient (Wildman–Crippen LogP) is 1.73. The summed E-state index contributed by atoms with van der Waals surface area (Å²) in [4.78, 5) is 25.0. The third-order valence-corrected chi connectivity index (χ3v) is 3.56. The van der Waals surface area contributed by atoms with Gasteiger partial charge in [-0.2, -0.15) is 4.68 Å². The van der Waals surface area contributed by atoms with E-state index in [2.05, 4.69) is 5.10 Å². The summed E-state index contributed by atoms with van der Waals surface area (Å²) in [5, 5.41) is 3.88. The maximum Gasteiger partial charge on any atom is 0.352 e. The molecule has 0 saturated carbocycles. The Hall–Kier alpha value is -3.29. The van der Waals surface area contributed by atoms with Crippen molar-refractivity contribution >= 4 is 0 Å². The van der Waals surface area contributed by atoms with Gasteiger partial charge in [-0.05, 0) is 30.3 Å². The average Bonchev–Trinajstić information content (AvgIpc) is 2.62. The molecule has 1 aromatic heterocycles. The van der Waals surface area contributed by atoms with E-state index < -0.39 is 29.4 Å². The molecule has 1 heterocycles. The van der Waals surface area contributed by atoms with Gasteiger partial charge in [-0.1, -0.05) is 18.2 Å². The summed E-state index contributed by atoms with van der Waals surface area (Å²) in [5.74, 6) is -1.73. The van der Waals surface area contributed by atoms with Gasteiger partial charge in [0.15, 0.2) is 0 Å². The summed E-state index contributed by atoms with van der Waals surface area (Å²) in [7, 11) is 1.23. The first-order valence-corrected chi connectivity index (χ1v) is 7.29. The molecule has 6 nitrogen and oxygen atoms in total. The molecule has 0 amide bonds. The molecule has 0 unspecified atom stereocenters. The molecule has 8 heteroatoms. The zero-order valence-electron chi connectivity index (χ0n) is 13.1. The largest absolute Gasteiger partial charge is 0.476 e. The lowest BCUT2D eigenvalue weighted by atomic mass is 10.2. The van der Waals surface area contributed by atoms with Crippen LogP contribution in [0.5, 0.6) is 5.88 Å². The van der Waals surface area contributed by atoms with E-state index in [1.165, 1.54) is 7.11 Å². The van der Waals surface area contributed by atoms with Gasteiger partial charge in [-0.15, -0.1) is 5.10 Å². The number of benzene rings is 2. The molecule has 128 valence electrons. The molecule has 0 fully saturated rings. The van der Waals surface area contributed by atoms with Crippen molar-refractivity contribution in [2.75, 3.05) is 7.11 Å². The van der Waals surface area contributed by atoms with Crippen LogP contribution in [0.2, 0.25) is 0 Å². The van der Waals surface area contributed by atoms with Crippen molar-refractivity contribution in [3.63, 3.8) is 0 Å². The van der Waals surface area contributed by atoms with Crippen LogP contribution in [0.25, 0.3) is 5.69 Å². The first-order valence-electron chi connectivity index (χ1n) is 7.29. The van der Waals surface area contributed by atoms with E-state index in [1.807, 2.05) is 0 Å². The van der Waals surface area contributed by atoms with Gasteiger partial charge in [0.2, 0.25) is 0 Å². The first kappa shape index (κ1) is 16.6. The van der Waals surface area contributed by atoms with Gasteiger partial charge in [-0.3, -0.25) is 4.79 Å². The van der Waals surface area contributed by atoms with E-state index in [9.17, 15) is 18.4 Å². The van der Waals surface area contributed by atoms with Crippen LogP contribution in [0, 0.1) is 11.6 Å². The SMILES string of the molecule is COc1nn(-c2ccccc2)c(=O)n(Cc2cc(F)ccc2F)c1=O. The molecule has 2 aromatic carbocycles. The van der Waals surface area contributed by atoms with Crippen molar-refractivity contribution in [3.05, 3.63) is 86.6 Å². The van der Waals surface area contributed by atoms with E-state index in [0.717, 1.165) is 27.4 Å². The molecule has 3 rings (SSSR count). The molecule has 0 bridgehead atoms. The van der Waals surface area contributed by atoms with Crippen LogP contribution in [0.4, 0.5) is 8.78 Å². The van der Waals surface area contributed by atoms with E-state index in [0.29, 0.717) is 5.69 Å². The van der Waals surface area contributed by atoms with Gasteiger partial charge in [0, 0.05) is 5.56 Å². The number of ether oxygens (including phenoxy) is 1. The Bertz CT molecular complexity index is 1030. The third kappa shape index (κ3) is 3.18. The van der Waals surface area contributed by atoms with Crippen molar-refractivity contribution in [2.45, 2.75) is 6.54 Å². The lowest BCUT2D eigenvalue weighted by Crippen LogP contribution is -2.41. The van der Waals surface area contributed by atoms with Crippen LogP contribution in [-0.4, -0.2) is 21.5 Å². The highest BCUT2D eigenvalue weighted by Crippen LogP contribution is 2.11. The van der Waals surface area contributed by atoms with Crippen LogP contribution < -0.4 is 16.0 Å². The lowest BCUT2D eigenvalue weighted by Gasteiger charge is -2.11. The van der Waals surface area contributed by atoms with Gasteiger partial charge in [0.25, 0.3) is 5.88 Å². The normalized spacial score (nSPS) is 10.7. The second-order valence-electron chi connectivity index (χ2n) is 5.17. The highest BCUT2D eigenvalue weighted by Gasteiger charge is 2.16. The molecule has 3 aromatic rings. The molecule has 0 N–H and O–H groups in total. The maximum atomic E-state index is 13.9. The third-order valence-electron chi connectivity index (χ3n) is 3.56. The van der Waals surface area contributed by atoms with Gasteiger partial charge in [0.05, 0.1) is 19.3 Å². The quantitative estimate of drug-likeness (QED) is 0.722. The highest BCUT2D eigenvalue weighted by molar-refractivity contribution is 5.30. The maximum absolute atomic E-state index is 13.9. The van der Waals surface area contributed by atoms with Gasteiger partial charge in [0.1, 0.15) is 11.6 Å². The summed E-state index contributed by atoms with van der Waals surface area (Å²) < 4.78 is 33.9. The average molecular weight is 345 g/mol. The molecule has 0 atom stereocenters. The Balaban J connectivity index is 2.21. The molecule has 0 spiro atoms. The number of para-hydroxylation sites is 1. The highest BCUT2D eigenvalue weighted by atomic mass is 19.1. The number of rotatable bonds is 4. The van der Waals surface area contributed by atoms with Crippen molar-refractivity contribution in [1.29, 1.82) is 0 Å². The molecular weight excluding hydrogens is 332 g/mol. The first-order chi connectivity index (χ1) is 12.0. The molecule has 0 aliphatic heterocycles. The van der Waals surface area contributed by atoms with Crippen molar-refractivity contribution < 1.29 is 13.5 Å². The second-order valence-corrected chi connectivity index (χ2v) is 5.17. The number of hydrogen-bond acceptors (Lipinski definition) is 4. The van der Waals surface area contributed by atoms with Crippen LogP contribution in [-0.2, 0) is 6.54 Å². The Morgan fingerprint density at radius 1 is 1.08 bits per heavy atom. The number of nitrogens with zero attached hydrogens (tertiary/aromatic N) is 3. The Morgan fingerprint density at radius 3 is 2.48 bits per heavy atom. The number of methoxy groups -OCH3 is 1. The fourth-order valence-electron chi connectivity index (χ4n) is 2.33. The zero-order valence-corrected chi connectivity index (χ0v) is 13.1. The van der Waals surface area contributed by atoms with E-state index in [1.54, 1.807) is 30.3 Å². The molecule has 0 radical (unpaired) electrons. The number of hydrogen-bond donors (Lipinski definition) is 0. The topological polar surface area (TPSA) is 66.1 Å². The Labute approximate surface area is 140 Å². The summed E-state index contributed by atoms with van der Waals surface area (Å²) >= 11 is 0. The van der Waals surface area contributed by atoms with E-state index in [-0.39, 0.29) is 11.4 Å². The summed E-state index contributed by atoms with van der Waals surface area (Å²) in [6.07, 6.45) is 0. The van der Waals surface area contributed by atoms with Gasteiger partial charge < -0.3 is 4.74 Å². The second kappa shape index (κ2) is 6.68. The fourth-order valence-corrected chi connectivity index (χ4v) is 2.33. The molecule has 0 aliphatic rings. The van der Waals surface area contributed by atoms with Crippen LogP contribution in [0.1, 0.15) is 5.56 Å². The van der Waals surface area contributed by atoms with E-state index >= 15 is 0 Å². The minimum Gasteiger partial charge on any atom is -0.476 e. The standard InChI is InChI=1S/C17H13F2N3O3/c1-25-15-16(23)21(10-11-9-12(18)7-8-14(11)19)17(24)22(20-15)13-5-3-2-4-6-13/h2-9H,10H2,1H3. The molecule has 0 saturated heterocycles. The van der Waals surface area contributed by atoms with E-state index in [4.69, 9.17) is 4.74 Å². The predicted molar refractivity (Wildman–Crippen MR) is 86.1 cm³/mol. The number of aromatic nitrogens is 3. The van der Waals surface area contributed by atoms with Gasteiger partial charge in [-0.25, -0.2) is 18.1 Å². The van der Waals surface area contributed by atoms with Crippen LogP contribution in [0.3, 0.4) is 0 Å². The van der Waals surface area contributed by atoms with Crippen molar-refractivity contribution in [1.82, 2.24) is 14.3 Å².